The van der Waals surface area contributed by atoms with Gasteiger partial charge >= 0.3 is 0 Å². The largest absolute Gasteiger partial charge is 0.397 e. The van der Waals surface area contributed by atoms with Crippen LogP contribution >= 0.6 is 0 Å². The summed E-state index contributed by atoms with van der Waals surface area (Å²) >= 11 is 0. The summed E-state index contributed by atoms with van der Waals surface area (Å²) in [5.74, 6) is 0. The molecule has 1 aromatic rings. The summed E-state index contributed by atoms with van der Waals surface area (Å²) in [4.78, 5) is 12.6. The van der Waals surface area contributed by atoms with Gasteiger partial charge in [0, 0.05) is 18.6 Å². The van der Waals surface area contributed by atoms with Crippen LogP contribution in [0.4, 0.5) is 11.4 Å². The second kappa shape index (κ2) is 5.93. The van der Waals surface area contributed by atoms with Crippen molar-refractivity contribution in [1.82, 2.24) is 10.6 Å². The fraction of sp³-hybridized carbons (Fsp3) is 0.500. The maximum atomic E-state index is 10.3. The van der Waals surface area contributed by atoms with E-state index in [9.17, 15) is 4.79 Å². The van der Waals surface area contributed by atoms with Gasteiger partial charge in [-0.2, -0.15) is 0 Å². The van der Waals surface area contributed by atoms with Gasteiger partial charge < -0.3 is 16.0 Å². The Morgan fingerprint density at radius 2 is 2.05 bits per heavy atom. The third-order valence-corrected chi connectivity index (χ3v) is 3.84. The van der Waals surface area contributed by atoms with E-state index < -0.39 is 0 Å². The summed E-state index contributed by atoms with van der Waals surface area (Å²) in [6, 6.07) is 7.99. The lowest BCUT2D eigenvalue weighted by Gasteiger charge is -2.41. The van der Waals surface area contributed by atoms with Crippen molar-refractivity contribution >= 4 is 17.8 Å². The lowest BCUT2D eigenvalue weighted by atomic mass is 9.89. The van der Waals surface area contributed by atoms with E-state index in [4.69, 9.17) is 5.73 Å². The highest BCUT2D eigenvalue weighted by atomic mass is 16.1. The van der Waals surface area contributed by atoms with Gasteiger partial charge in [-0.3, -0.25) is 10.1 Å². The topological polar surface area (TPSA) is 70.4 Å². The molecule has 0 bridgehead atoms. The Morgan fingerprint density at radius 3 is 2.68 bits per heavy atom. The van der Waals surface area contributed by atoms with Gasteiger partial charge in [-0.25, -0.2) is 0 Å². The highest BCUT2D eigenvalue weighted by molar-refractivity contribution is 5.67. The zero-order valence-corrected chi connectivity index (χ0v) is 11.4. The Balaban J connectivity index is 1.92. The first-order valence-electron chi connectivity index (χ1n) is 6.66. The lowest BCUT2D eigenvalue weighted by molar-refractivity contribution is -0.109. The van der Waals surface area contributed by atoms with Gasteiger partial charge in [-0.15, -0.1) is 0 Å². The molecule has 0 aromatic heterocycles. The molecule has 0 saturated carbocycles. The van der Waals surface area contributed by atoms with Crippen molar-refractivity contribution in [3.63, 3.8) is 0 Å². The van der Waals surface area contributed by atoms with E-state index in [1.165, 1.54) is 0 Å². The number of para-hydroxylation sites is 2. The van der Waals surface area contributed by atoms with E-state index in [1.807, 2.05) is 18.2 Å². The van der Waals surface area contributed by atoms with Crippen molar-refractivity contribution in [1.29, 1.82) is 0 Å². The molecule has 1 aliphatic heterocycles. The average Bonchev–Trinajstić information content (AvgIpc) is 2.41. The monoisotopic (exact) mass is 262 g/mol. The van der Waals surface area contributed by atoms with Crippen LogP contribution in [0.5, 0.6) is 0 Å². The number of piperidine rings is 1. The Labute approximate surface area is 114 Å². The number of carbonyl (C=O) groups is 1. The summed E-state index contributed by atoms with van der Waals surface area (Å²) in [5, 5.41) is 6.03. The number of hydrogen-bond acceptors (Lipinski definition) is 4. The molecule has 1 fully saturated rings. The van der Waals surface area contributed by atoms with Crippen LogP contribution in [-0.2, 0) is 4.79 Å². The van der Waals surface area contributed by atoms with Gasteiger partial charge in [0.1, 0.15) is 0 Å². The Hall–Kier alpha value is -1.75. The maximum Gasteiger partial charge on any atom is 0.208 e. The zero-order chi connectivity index (χ0) is 13.7. The van der Waals surface area contributed by atoms with Crippen LogP contribution in [0.1, 0.15) is 19.8 Å². The molecule has 1 heterocycles. The van der Waals surface area contributed by atoms with E-state index in [1.54, 1.807) is 0 Å². The number of rotatable bonds is 5. The molecule has 1 saturated heterocycles. The van der Waals surface area contributed by atoms with Crippen molar-refractivity contribution < 1.29 is 4.79 Å². The van der Waals surface area contributed by atoms with Crippen molar-refractivity contribution in [3.05, 3.63) is 24.3 Å². The second-order valence-corrected chi connectivity index (χ2v) is 5.28. The molecule has 1 amide bonds. The summed E-state index contributed by atoms with van der Waals surface area (Å²) < 4.78 is 0. The molecule has 4 N–H and O–H groups in total. The van der Waals surface area contributed by atoms with Crippen molar-refractivity contribution in [2.24, 2.45) is 0 Å². The van der Waals surface area contributed by atoms with E-state index in [0.29, 0.717) is 6.67 Å². The number of nitrogens with zero attached hydrogens (tertiary/aromatic N) is 1. The standard InChI is InChI=1S/C14H22N4O/c1-14(17-10-16-11-19)6-8-18(9-7-14)13-5-3-2-4-12(13)15/h2-5,11,17H,6-10,15H2,1H3,(H,16,19). The van der Waals surface area contributed by atoms with Crippen molar-refractivity contribution in [2.45, 2.75) is 25.3 Å². The van der Waals surface area contributed by atoms with Gasteiger partial charge in [0.2, 0.25) is 6.41 Å². The molecular formula is C14H22N4O. The molecule has 5 nitrogen and oxygen atoms in total. The number of amides is 1. The number of nitrogens with one attached hydrogen (secondary N) is 2. The normalized spacial score (nSPS) is 18.1. The average molecular weight is 262 g/mol. The summed E-state index contributed by atoms with van der Waals surface area (Å²) in [6.45, 7) is 4.66. The minimum Gasteiger partial charge on any atom is -0.397 e. The number of hydrogen-bond donors (Lipinski definition) is 3. The fourth-order valence-electron chi connectivity index (χ4n) is 2.50. The minimum atomic E-state index is 0.0794. The third-order valence-electron chi connectivity index (χ3n) is 3.84. The molecule has 0 atom stereocenters. The number of anilines is 2. The molecule has 0 radical (unpaired) electrons. The molecule has 1 aliphatic rings. The first kappa shape index (κ1) is 13.7. The SMILES string of the molecule is CC1(NCNC=O)CCN(c2ccccc2N)CC1. The molecule has 5 heteroatoms. The Kier molecular flexibility index (Phi) is 4.27. The highest BCUT2D eigenvalue weighted by Gasteiger charge is 2.29. The van der Waals surface area contributed by atoms with Gasteiger partial charge in [0.05, 0.1) is 18.0 Å². The first-order chi connectivity index (χ1) is 9.14. The molecular weight excluding hydrogens is 240 g/mol. The number of carbonyl (C=O) groups excluding carboxylic acids is 1. The molecule has 0 unspecified atom stereocenters. The Morgan fingerprint density at radius 1 is 1.37 bits per heavy atom. The molecule has 19 heavy (non-hydrogen) atoms. The lowest BCUT2D eigenvalue weighted by Crippen LogP contribution is -2.53. The summed E-state index contributed by atoms with van der Waals surface area (Å²) in [6.07, 6.45) is 2.78. The number of nitrogens with two attached hydrogens (primary N) is 1. The van der Waals surface area contributed by atoms with Crippen LogP contribution in [0, 0.1) is 0 Å². The fourth-order valence-corrected chi connectivity index (χ4v) is 2.50. The highest BCUT2D eigenvalue weighted by Crippen LogP contribution is 2.29. The number of benzene rings is 1. The van der Waals surface area contributed by atoms with Crippen molar-refractivity contribution in [2.75, 3.05) is 30.4 Å². The van der Waals surface area contributed by atoms with Crippen LogP contribution in [-0.4, -0.2) is 31.7 Å². The van der Waals surface area contributed by atoms with Crippen LogP contribution in [0.2, 0.25) is 0 Å². The molecule has 104 valence electrons. The van der Waals surface area contributed by atoms with E-state index in [0.717, 1.165) is 43.7 Å². The zero-order valence-electron chi connectivity index (χ0n) is 11.4. The predicted molar refractivity (Wildman–Crippen MR) is 77.9 cm³/mol. The van der Waals surface area contributed by atoms with Gasteiger partial charge in [-0.1, -0.05) is 12.1 Å². The van der Waals surface area contributed by atoms with E-state index >= 15 is 0 Å². The smallest absolute Gasteiger partial charge is 0.208 e. The molecule has 1 aromatic carbocycles. The quantitative estimate of drug-likeness (QED) is 0.319. The molecule has 0 aliphatic carbocycles. The molecule has 0 spiro atoms. The van der Waals surface area contributed by atoms with Crippen LogP contribution in [0.15, 0.2) is 24.3 Å². The van der Waals surface area contributed by atoms with Gasteiger partial charge in [-0.05, 0) is 31.9 Å². The summed E-state index contributed by atoms with van der Waals surface area (Å²) in [5.41, 5.74) is 8.05. The maximum absolute atomic E-state index is 10.3. The van der Waals surface area contributed by atoms with Crippen LogP contribution in [0.3, 0.4) is 0 Å². The van der Waals surface area contributed by atoms with E-state index in [-0.39, 0.29) is 5.54 Å². The van der Waals surface area contributed by atoms with Crippen LogP contribution < -0.4 is 21.3 Å². The van der Waals surface area contributed by atoms with Gasteiger partial charge in [0.25, 0.3) is 0 Å². The van der Waals surface area contributed by atoms with Gasteiger partial charge in [0.15, 0.2) is 0 Å². The first-order valence-corrected chi connectivity index (χ1v) is 6.66. The third kappa shape index (κ3) is 3.38. The summed E-state index contributed by atoms with van der Waals surface area (Å²) in [7, 11) is 0. The van der Waals surface area contributed by atoms with E-state index in [2.05, 4.69) is 28.5 Å². The molecule has 2 rings (SSSR count). The van der Waals surface area contributed by atoms with Crippen LogP contribution in [0.25, 0.3) is 0 Å². The van der Waals surface area contributed by atoms with Crippen molar-refractivity contribution in [3.8, 4) is 0 Å². The second-order valence-electron chi connectivity index (χ2n) is 5.28. The number of nitrogen functional groups attached to an aromatic ring is 1. The minimum absolute atomic E-state index is 0.0794. The Bertz CT molecular complexity index is 427. The predicted octanol–water partition coefficient (Wildman–Crippen LogP) is 0.921.